The normalized spacial score (nSPS) is 20.5. The summed E-state index contributed by atoms with van der Waals surface area (Å²) in [5.74, 6) is 1.88. The maximum absolute atomic E-state index is 6.60. The molecule has 3 aromatic rings. The Kier molecular flexibility index (Phi) is 6.98. The van der Waals surface area contributed by atoms with Gasteiger partial charge in [0.15, 0.2) is 11.5 Å². The zero-order valence-electron chi connectivity index (χ0n) is 18.0. The van der Waals surface area contributed by atoms with Gasteiger partial charge in [-0.05, 0) is 75.3 Å². The van der Waals surface area contributed by atoms with Crippen LogP contribution in [-0.2, 0) is 6.61 Å². The van der Waals surface area contributed by atoms with Crippen LogP contribution in [0.3, 0.4) is 0 Å². The summed E-state index contributed by atoms with van der Waals surface area (Å²) < 4.78 is 12.6. The summed E-state index contributed by atoms with van der Waals surface area (Å²) in [6.45, 7) is 0.322. The number of methoxy groups -OCH3 is 1. The average molecular weight is 600 g/mol. The van der Waals surface area contributed by atoms with Crippen LogP contribution >= 0.6 is 62.3 Å². The van der Waals surface area contributed by atoms with Crippen LogP contribution < -0.4 is 14.8 Å². The van der Waals surface area contributed by atoms with Gasteiger partial charge in [0.05, 0.1) is 43.4 Å². The van der Waals surface area contributed by atoms with Crippen molar-refractivity contribution in [2.45, 2.75) is 25.0 Å². The van der Waals surface area contributed by atoms with E-state index in [0.717, 1.165) is 27.7 Å². The molecule has 8 heteroatoms. The molecule has 0 saturated heterocycles. The Hall–Kier alpha value is -1.56. The van der Waals surface area contributed by atoms with Crippen LogP contribution in [0.5, 0.6) is 11.5 Å². The van der Waals surface area contributed by atoms with E-state index in [-0.39, 0.29) is 12.0 Å². The Balaban J connectivity index is 1.47. The monoisotopic (exact) mass is 597 g/mol. The lowest BCUT2D eigenvalue weighted by Crippen LogP contribution is -2.29. The van der Waals surface area contributed by atoms with Gasteiger partial charge >= 0.3 is 0 Å². The molecule has 0 bridgehead atoms. The van der Waals surface area contributed by atoms with Gasteiger partial charge in [0.25, 0.3) is 0 Å². The molecule has 0 spiro atoms. The molecule has 1 N–H and O–H groups in total. The summed E-state index contributed by atoms with van der Waals surface area (Å²) in [6, 6.07) is 13.5. The predicted octanol–water partition coefficient (Wildman–Crippen LogP) is 9.48. The van der Waals surface area contributed by atoms with E-state index < -0.39 is 0 Å². The second-order valence-electron chi connectivity index (χ2n) is 8.37. The third-order valence-corrected chi connectivity index (χ3v) is 8.54. The molecule has 1 aliphatic heterocycles. The van der Waals surface area contributed by atoms with Gasteiger partial charge in [-0.25, -0.2) is 0 Å². The van der Waals surface area contributed by atoms with E-state index in [1.807, 2.05) is 18.2 Å². The molecule has 0 aromatic heterocycles. The Morgan fingerprint density at radius 1 is 1.00 bits per heavy atom. The van der Waals surface area contributed by atoms with Crippen LogP contribution in [0.4, 0.5) is 5.69 Å². The van der Waals surface area contributed by atoms with Crippen molar-refractivity contribution in [2.24, 2.45) is 5.92 Å². The highest BCUT2D eigenvalue weighted by Crippen LogP contribution is 2.53. The van der Waals surface area contributed by atoms with Gasteiger partial charge in [-0.1, -0.05) is 70.7 Å². The standard InChI is InChI=1S/C26H20BrCl4NO2/c1-33-22-11-14(10-18(27)26(22)34-12-13-5-7-19(28)21(30)9-13)24-16-4-2-3-15(16)17-6-8-20(29)23(31)25(17)32-24/h2-3,5-11,15-16,24,32H,4,12H2,1H3/t15-,16+,24+/m1/s1. The van der Waals surface area contributed by atoms with E-state index in [0.29, 0.717) is 44.1 Å². The average Bonchev–Trinajstić information content (AvgIpc) is 3.32. The summed E-state index contributed by atoms with van der Waals surface area (Å²) in [5.41, 5.74) is 4.05. The van der Waals surface area contributed by atoms with Crippen molar-refractivity contribution in [1.29, 1.82) is 0 Å². The third kappa shape index (κ3) is 4.40. The van der Waals surface area contributed by atoms with Gasteiger partial charge in [-0.15, -0.1) is 0 Å². The minimum absolute atomic E-state index is 0.0257. The summed E-state index contributed by atoms with van der Waals surface area (Å²) in [5, 5.41) is 5.75. The number of nitrogens with one attached hydrogen (secondary N) is 1. The maximum atomic E-state index is 6.60. The second-order valence-corrected chi connectivity index (χ2v) is 10.8. The van der Waals surface area contributed by atoms with Crippen molar-refractivity contribution in [2.75, 3.05) is 12.4 Å². The first-order chi connectivity index (χ1) is 16.4. The van der Waals surface area contributed by atoms with Crippen molar-refractivity contribution in [3.05, 3.63) is 95.9 Å². The lowest BCUT2D eigenvalue weighted by Gasteiger charge is -2.38. The Bertz CT molecular complexity index is 1300. The van der Waals surface area contributed by atoms with Crippen LogP contribution in [0.15, 0.2) is 59.1 Å². The number of rotatable bonds is 5. The van der Waals surface area contributed by atoms with Crippen LogP contribution in [0, 0.1) is 5.92 Å². The molecule has 34 heavy (non-hydrogen) atoms. The molecule has 0 saturated carbocycles. The van der Waals surface area contributed by atoms with Crippen molar-refractivity contribution in [3.8, 4) is 11.5 Å². The summed E-state index contributed by atoms with van der Waals surface area (Å²) in [4.78, 5) is 0. The van der Waals surface area contributed by atoms with E-state index in [4.69, 9.17) is 55.9 Å². The van der Waals surface area contributed by atoms with Gasteiger partial charge in [0.1, 0.15) is 6.61 Å². The van der Waals surface area contributed by atoms with Gasteiger partial charge in [-0.2, -0.15) is 0 Å². The van der Waals surface area contributed by atoms with Crippen molar-refractivity contribution in [1.82, 2.24) is 0 Å². The number of ether oxygens (including phenoxy) is 2. The first-order valence-electron chi connectivity index (χ1n) is 10.7. The fourth-order valence-electron chi connectivity index (χ4n) is 4.78. The third-order valence-electron chi connectivity index (χ3n) is 6.41. The van der Waals surface area contributed by atoms with Crippen molar-refractivity contribution in [3.63, 3.8) is 0 Å². The summed E-state index contributed by atoms with van der Waals surface area (Å²) in [6.07, 6.45) is 5.47. The SMILES string of the molecule is COc1cc([C@@H]2Nc3c(ccc(Cl)c3Cl)[C@@H]3C=CC[C@@H]32)cc(Br)c1OCc1ccc(Cl)c(Cl)c1. The lowest BCUT2D eigenvalue weighted by molar-refractivity contribution is 0.282. The first-order valence-corrected chi connectivity index (χ1v) is 13.0. The number of halogens is 5. The molecule has 1 heterocycles. The second kappa shape index (κ2) is 9.83. The lowest BCUT2D eigenvalue weighted by atomic mass is 9.77. The molecule has 0 amide bonds. The Morgan fingerprint density at radius 2 is 1.79 bits per heavy atom. The largest absolute Gasteiger partial charge is 0.493 e. The zero-order valence-corrected chi connectivity index (χ0v) is 22.7. The molecule has 3 nitrogen and oxygen atoms in total. The number of hydrogen-bond donors (Lipinski definition) is 1. The molecule has 0 radical (unpaired) electrons. The highest BCUT2D eigenvalue weighted by atomic mass is 79.9. The van der Waals surface area contributed by atoms with Crippen LogP contribution in [0.25, 0.3) is 0 Å². The fraction of sp³-hybridized carbons (Fsp3) is 0.231. The zero-order chi connectivity index (χ0) is 24.0. The minimum Gasteiger partial charge on any atom is -0.493 e. The first kappa shape index (κ1) is 24.1. The minimum atomic E-state index is 0.0257. The van der Waals surface area contributed by atoms with E-state index >= 15 is 0 Å². The number of allylic oxidation sites excluding steroid dienone is 2. The Labute approximate surface area is 227 Å². The predicted molar refractivity (Wildman–Crippen MR) is 144 cm³/mol. The molecule has 5 rings (SSSR count). The summed E-state index contributed by atoms with van der Waals surface area (Å²) in [7, 11) is 1.64. The highest BCUT2D eigenvalue weighted by Gasteiger charge is 2.39. The van der Waals surface area contributed by atoms with Crippen LogP contribution in [0.1, 0.15) is 35.1 Å². The number of hydrogen-bond acceptors (Lipinski definition) is 3. The van der Waals surface area contributed by atoms with Crippen molar-refractivity contribution >= 4 is 68.0 Å². The molecular formula is C26H20BrCl4NO2. The number of anilines is 1. The van der Waals surface area contributed by atoms with E-state index in [2.05, 4.69) is 45.5 Å². The maximum Gasteiger partial charge on any atom is 0.175 e. The number of benzene rings is 3. The molecule has 0 fully saturated rings. The topological polar surface area (TPSA) is 30.5 Å². The molecule has 176 valence electrons. The Morgan fingerprint density at radius 3 is 2.56 bits per heavy atom. The molecule has 0 unspecified atom stereocenters. The van der Waals surface area contributed by atoms with E-state index in [1.54, 1.807) is 19.2 Å². The molecular weight excluding hydrogens is 580 g/mol. The fourth-order valence-corrected chi connectivity index (χ4v) is 6.06. The van der Waals surface area contributed by atoms with Gasteiger partial charge < -0.3 is 14.8 Å². The van der Waals surface area contributed by atoms with Gasteiger partial charge in [0, 0.05) is 5.92 Å². The molecule has 2 aliphatic rings. The van der Waals surface area contributed by atoms with Crippen molar-refractivity contribution < 1.29 is 9.47 Å². The molecule has 3 aromatic carbocycles. The van der Waals surface area contributed by atoms with Gasteiger partial charge in [0.2, 0.25) is 0 Å². The summed E-state index contributed by atoms with van der Waals surface area (Å²) >= 11 is 28.8. The quantitative estimate of drug-likeness (QED) is 0.296. The molecule has 1 aliphatic carbocycles. The number of fused-ring (bicyclic) bond motifs is 3. The van der Waals surface area contributed by atoms with Crippen LogP contribution in [0.2, 0.25) is 20.1 Å². The smallest absolute Gasteiger partial charge is 0.175 e. The van der Waals surface area contributed by atoms with Crippen LogP contribution in [-0.4, -0.2) is 7.11 Å². The van der Waals surface area contributed by atoms with Gasteiger partial charge in [-0.3, -0.25) is 0 Å². The van der Waals surface area contributed by atoms with E-state index in [1.165, 1.54) is 5.56 Å². The molecule has 3 atom stereocenters. The highest BCUT2D eigenvalue weighted by molar-refractivity contribution is 9.10. The van der Waals surface area contributed by atoms with E-state index in [9.17, 15) is 0 Å².